The highest BCUT2D eigenvalue weighted by atomic mass is 16.6. The van der Waals surface area contributed by atoms with Crippen molar-refractivity contribution in [3.8, 4) is 5.75 Å². The molecule has 0 N–H and O–H groups in total. The van der Waals surface area contributed by atoms with Gasteiger partial charge >= 0.3 is 6.09 Å². The zero-order valence-electron chi connectivity index (χ0n) is 9.51. The number of benzene rings is 1. The summed E-state index contributed by atoms with van der Waals surface area (Å²) >= 11 is 0. The fourth-order valence-corrected chi connectivity index (χ4v) is 1.73. The van der Waals surface area contributed by atoms with Crippen LogP contribution in [0.4, 0.5) is 4.79 Å². The molecule has 1 saturated heterocycles. The first-order chi connectivity index (χ1) is 8.22. The molecular formula is C12H13NO4. The van der Waals surface area contributed by atoms with Crippen molar-refractivity contribution in [3.63, 3.8) is 0 Å². The summed E-state index contributed by atoms with van der Waals surface area (Å²) in [6.07, 6.45) is -0.427. The van der Waals surface area contributed by atoms with E-state index in [1.54, 1.807) is 19.2 Å². The van der Waals surface area contributed by atoms with Crippen LogP contribution in [0.2, 0.25) is 0 Å². The topological polar surface area (TPSA) is 55.8 Å². The van der Waals surface area contributed by atoms with Gasteiger partial charge in [-0.2, -0.15) is 0 Å². The molecule has 17 heavy (non-hydrogen) atoms. The molecule has 0 aliphatic carbocycles. The van der Waals surface area contributed by atoms with Gasteiger partial charge in [0.25, 0.3) is 0 Å². The van der Waals surface area contributed by atoms with Gasteiger partial charge in [-0.05, 0) is 6.07 Å². The standard InChI is InChI=1S/C12H13NO4/c1-16-10-5-3-2-4-9(10)8-11(14)13-6-7-17-12(13)15/h2-5H,6-8H2,1H3. The summed E-state index contributed by atoms with van der Waals surface area (Å²) in [4.78, 5) is 24.2. The first kappa shape index (κ1) is 11.4. The van der Waals surface area contributed by atoms with Gasteiger partial charge in [0.1, 0.15) is 12.4 Å². The van der Waals surface area contributed by atoms with Crippen LogP contribution in [0.5, 0.6) is 5.75 Å². The number of amides is 2. The minimum absolute atomic E-state index is 0.138. The average Bonchev–Trinajstić information content (AvgIpc) is 2.76. The van der Waals surface area contributed by atoms with Crippen molar-refractivity contribution >= 4 is 12.0 Å². The molecule has 1 aliphatic heterocycles. The van der Waals surface area contributed by atoms with Crippen molar-refractivity contribution in [2.45, 2.75) is 6.42 Å². The molecule has 1 aliphatic rings. The molecule has 0 spiro atoms. The molecule has 1 aromatic rings. The monoisotopic (exact) mass is 235 g/mol. The van der Waals surface area contributed by atoms with E-state index in [1.807, 2.05) is 12.1 Å². The predicted octanol–water partition coefficient (Wildman–Crippen LogP) is 1.22. The van der Waals surface area contributed by atoms with Crippen molar-refractivity contribution in [3.05, 3.63) is 29.8 Å². The third-order valence-corrected chi connectivity index (χ3v) is 2.60. The molecule has 0 saturated carbocycles. The summed E-state index contributed by atoms with van der Waals surface area (Å²) in [5.74, 6) is 0.380. The number of carbonyl (C=O) groups is 2. The normalized spacial score (nSPS) is 14.6. The number of imide groups is 1. The van der Waals surface area contributed by atoms with Gasteiger partial charge in [0.05, 0.1) is 20.1 Å². The van der Waals surface area contributed by atoms with Gasteiger partial charge in [-0.25, -0.2) is 9.69 Å². The van der Waals surface area contributed by atoms with Crippen LogP contribution in [-0.2, 0) is 16.0 Å². The largest absolute Gasteiger partial charge is 0.496 e. The van der Waals surface area contributed by atoms with Gasteiger partial charge in [-0.15, -0.1) is 0 Å². The van der Waals surface area contributed by atoms with Gasteiger partial charge in [0, 0.05) is 5.56 Å². The maximum Gasteiger partial charge on any atom is 0.416 e. The molecule has 0 bridgehead atoms. The lowest BCUT2D eigenvalue weighted by Gasteiger charge is -2.12. The molecule has 5 nitrogen and oxygen atoms in total. The number of rotatable bonds is 3. The first-order valence-electron chi connectivity index (χ1n) is 5.31. The van der Waals surface area contributed by atoms with E-state index in [9.17, 15) is 9.59 Å². The third kappa shape index (κ3) is 2.38. The molecule has 0 radical (unpaired) electrons. The maximum absolute atomic E-state index is 11.9. The summed E-state index contributed by atoms with van der Waals surface area (Å²) in [5, 5.41) is 0. The van der Waals surface area contributed by atoms with Crippen LogP contribution < -0.4 is 4.74 Å². The minimum Gasteiger partial charge on any atom is -0.496 e. The number of ether oxygens (including phenoxy) is 2. The van der Waals surface area contributed by atoms with E-state index in [1.165, 1.54) is 0 Å². The molecule has 0 aromatic heterocycles. The van der Waals surface area contributed by atoms with Crippen LogP contribution in [0.15, 0.2) is 24.3 Å². The molecule has 1 heterocycles. The van der Waals surface area contributed by atoms with Gasteiger partial charge in [0.2, 0.25) is 5.91 Å². The van der Waals surface area contributed by atoms with Crippen molar-refractivity contribution in [2.75, 3.05) is 20.3 Å². The van der Waals surface area contributed by atoms with E-state index in [4.69, 9.17) is 9.47 Å². The number of nitrogens with zero attached hydrogens (tertiary/aromatic N) is 1. The average molecular weight is 235 g/mol. The highest BCUT2D eigenvalue weighted by molar-refractivity contribution is 5.94. The number of cyclic esters (lactones) is 1. The maximum atomic E-state index is 11.9. The first-order valence-corrected chi connectivity index (χ1v) is 5.31. The molecule has 0 atom stereocenters. The second-order valence-corrected chi connectivity index (χ2v) is 3.65. The van der Waals surface area contributed by atoms with E-state index in [0.717, 1.165) is 10.5 Å². The second-order valence-electron chi connectivity index (χ2n) is 3.65. The summed E-state index contributed by atoms with van der Waals surface area (Å²) in [6, 6.07) is 7.24. The molecule has 2 amide bonds. The summed E-state index contributed by atoms with van der Waals surface area (Å²) < 4.78 is 9.86. The third-order valence-electron chi connectivity index (χ3n) is 2.60. The Bertz CT molecular complexity index is 444. The Labute approximate surface area is 98.9 Å². The SMILES string of the molecule is COc1ccccc1CC(=O)N1CCOC1=O. The van der Waals surface area contributed by atoms with Crippen LogP contribution in [0.1, 0.15) is 5.56 Å². The van der Waals surface area contributed by atoms with Crippen LogP contribution in [0.25, 0.3) is 0 Å². The Hall–Kier alpha value is -2.04. The van der Waals surface area contributed by atoms with Gasteiger partial charge in [-0.1, -0.05) is 18.2 Å². The molecule has 1 aromatic carbocycles. The number of methoxy groups -OCH3 is 1. The van der Waals surface area contributed by atoms with Crippen LogP contribution in [-0.4, -0.2) is 37.2 Å². The van der Waals surface area contributed by atoms with E-state index in [-0.39, 0.29) is 18.9 Å². The van der Waals surface area contributed by atoms with Crippen LogP contribution in [0.3, 0.4) is 0 Å². The quantitative estimate of drug-likeness (QED) is 0.790. The van der Waals surface area contributed by atoms with Gasteiger partial charge in [0.15, 0.2) is 0 Å². The second kappa shape index (κ2) is 4.86. The summed E-state index contributed by atoms with van der Waals surface area (Å²) in [6.45, 7) is 0.601. The Kier molecular flexibility index (Phi) is 3.27. The smallest absolute Gasteiger partial charge is 0.416 e. The fourth-order valence-electron chi connectivity index (χ4n) is 1.73. The highest BCUT2D eigenvalue weighted by Gasteiger charge is 2.28. The lowest BCUT2D eigenvalue weighted by atomic mass is 10.1. The highest BCUT2D eigenvalue weighted by Crippen LogP contribution is 2.19. The zero-order valence-corrected chi connectivity index (χ0v) is 9.51. The Morgan fingerprint density at radius 3 is 2.88 bits per heavy atom. The van der Waals surface area contributed by atoms with Crippen molar-refractivity contribution in [1.82, 2.24) is 4.90 Å². The number of carbonyl (C=O) groups excluding carboxylic acids is 2. The fraction of sp³-hybridized carbons (Fsp3) is 0.333. The van der Waals surface area contributed by atoms with E-state index >= 15 is 0 Å². The van der Waals surface area contributed by atoms with E-state index in [0.29, 0.717) is 12.3 Å². The van der Waals surface area contributed by atoms with Gasteiger partial charge in [-0.3, -0.25) is 4.79 Å². The Morgan fingerprint density at radius 1 is 1.47 bits per heavy atom. The lowest BCUT2D eigenvalue weighted by Crippen LogP contribution is -2.32. The van der Waals surface area contributed by atoms with E-state index in [2.05, 4.69) is 0 Å². The molecule has 90 valence electrons. The lowest BCUT2D eigenvalue weighted by molar-refractivity contribution is -0.127. The number of para-hydroxylation sites is 1. The molecule has 0 unspecified atom stereocenters. The summed E-state index contributed by atoms with van der Waals surface area (Å²) in [5.41, 5.74) is 0.764. The molecule has 2 rings (SSSR count). The zero-order chi connectivity index (χ0) is 12.3. The summed E-state index contributed by atoms with van der Waals surface area (Å²) in [7, 11) is 1.55. The Morgan fingerprint density at radius 2 is 2.24 bits per heavy atom. The van der Waals surface area contributed by atoms with Crippen molar-refractivity contribution in [1.29, 1.82) is 0 Å². The van der Waals surface area contributed by atoms with Crippen molar-refractivity contribution < 1.29 is 19.1 Å². The van der Waals surface area contributed by atoms with Crippen LogP contribution in [0, 0.1) is 0 Å². The Balaban J connectivity index is 2.10. The molecule has 1 fully saturated rings. The number of hydrogen-bond donors (Lipinski definition) is 0. The molecule has 5 heteroatoms. The van der Waals surface area contributed by atoms with Crippen molar-refractivity contribution in [2.24, 2.45) is 0 Å². The van der Waals surface area contributed by atoms with Gasteiger partial charge < -0.3 is 9.47 Å². The predicted molar refractivity (Wildman–Crippen MR) is 59.8 cm³/mol. The van der Waals surface area contributed by atoms with E-state index < -0.39 is 6.09 Å². The van der Waals surface area contributed by atoms with Crippen LogP contribution >= 0.6 is 0 Å². The molecular weight excluding hydrogens is 222 g/mol. The number of hydrogen-bond acceptors (Lipinski definition) is 4. The minimum atomic E-state index is -0.565.